The summed E-state index contributed by atoms with van der Waals surface area (Å²) in [6.45, 7) is 2.12. The van der Waals surface area contributed by atoms with Gasteiger partial charge in [-0.3, -0.25) is 19.6 Å². The van der Waals surface area contributed by atoms with Crippen molar-refractivity contribution in [3.05, 3.63) is 68.7 Å². The average Bonchev–Trinajstić information content (AvgIpc) is 3.02. The van der Waals surface area contributed by atoms with E-state index in [1.165, 1.54) is 33.1 Å². The van der Waals surface area contributed by atoms with Crippen LogP contribution in [0, 0.1) is 10.1 Å². The van der Waals surface area contributed by atoms with E-state index in [0.29, 0.717) is 38.2 Å². The van der Waals surface area contributed by atoms with E-state index in [2.05, 4.69) is 4.90 Å². The van der Waals surface area contributed by atoms with Crippen LogP contribution in [0.3, 0.4) is 0 Å². The van der Waals surface area contributed by atoms with Gasteiger partial charge in [-0.25, -0.2) is 13.2 Å². The van der Waals surface area contributed by atoms with Gasteiger partial charge in [0.2, 0.25) is 10.0 Å². The molecule has 0 aliphatic carbocycles. The SMILES string of the molecule is Cn1c(=O)oc2cc(S(=O)(=O)N3CCN(Cc4cccc([N+](=O)[O-])c4)CC3)ccc21. The Morgan fingerprint density at radius 3 is 2.53 bits per heavy atom. The van der Waals surface area contributed by atoms with Crippen LogP contribution in [0.1, 0.15) is 5.56 Å². The number of oxazole rings is 1. The number of aryl methyl sites for hydroxylation is 1. The minimum Gasteiger partial charge on any atom is -0.408 e. The molecule has 0 unspecified atom stereocenters. The monoisotopic (exact) mass is 432 g/mol. The van der Waals surface area contributed by atoms with E-state index in [9.17, 15) is 23.3 Å². The first-order chi connectivity index (χ1) is 14.3. The van der Waals surface area contributed by atoms with Crippen molar-refractivity contribution in [1.82, 2.24) is 13.8 Å². The summed E-state index contributed by atoms with van der Waals surface area (Å²) in [5, 5.41) is 10.9. The molecule has 0 spiro atoms. The van der Waals surface area contributed by atoms with Crippen LogP contribution in [0.15, 0.2) is 56.6 Å². The first-order valence-electron chi connectivity index (χ1n) is 9.31. The highest BCUT2D eigenvalue weighted by molar-refractivity contribution is 7.89. The third kappa shape index (κ3) is 3.74. The molecule has 1 saturated heterocycles. The normalized spacial score (nSPS) is 16.2. The zero-order valence-electron chi connectivity index (χ0n) is 16.2. The van der Waals surface area contributed by atoms with Gasteiger partial charge in [-0.05, 0) is 17.7 Å². The fourth-order valence-electron chi connectivity index (χ4n) is 3.58. The molecule has 0 N–H and O–H groups in total. The zero-order valence-corrected chi connectivity index (χ0v) is 17.0. The molecular weight excluding hydrogens is 412 g/mol. The van der Waals surface area contributed by atoms with Gasteiger partial charge in [-0.15, -0.1) is 0 Å². The molecule has 30 heavy (non-hydrogen) atoms. The summed E-state index contributed by atoms with van der Waals surface area (Å²) in [4.78, 5) is 24.3. The number of nitro groups is 1. The molecule has 0 amide bonds. The number of sulfonamides is 1. The molecule has 0 atom stereocenters. The van der Waals surface area contributed by atoms with Gasteiger partial charge in [0.25, 0.3) is 5.69 Å². The van der Waals surface area contributed by atoms with Gasteiger partial charge >= 0.3 is 5.76 Å². The van der Waals surface area contributed by atoms with E-state index in [0.717, 1.165) is 5.56 Å². The summed E-state index contributed by atoms with van der Waals surface area (Å²) in [5.74, 6) is -0.547. The Labute approximate surface area is 172 Å². The highest BCUT2D eigenvalue weighted by atomic mass is 32.2. The van der Waals surface area contributed by atoms with E-state index < -0.39 is 20.7 Å². The molecule has 1 fully saturated rings. The summed E-state index contributed by atoms with van der Waals surface area (Å²) in [6.07, 6.45) is 0. The molecule has 0 bridgehead atoms. The van der Waals surface area contributed by atoms with Gasteiger partial charge < -0.3 is 4.42 Å². The van der Waals surface area contributed by atoms with Crippen LogP contribution in [0.5, 0.6) is 0 Å². The third-order valence-electron chi connectivity index (χ3n) is 5.26. The Bertz CT molecular complexity index is 1270. The molecule has 11 heteroatoms. The number of nitro benzene ring substituents is 1. The van der Waals surface area contributed by atoms with Gasteiger partial charge in [0, 0.05) is 58.0 Å². The fourth-order valence-corrected chi connectivity index (χ4v) is 5.02. The van der Waals surface area contributed by atoms with E-state index >= 15 is 0 Å². The Kier molecular flexibility index (Phi) is 5.18. The number of hydrogen-bond acceptors (Lipinski definition) is 7. The molecule has 1 aromatic heterocycles. The van der Waals surface area contributed by atoms with Crippen molar-refractivity contribution in [3.63, 3.8) is 0 Å². The molecule has 3 aromatic rings. The first kappa shape index (κ1) is 20.3. The Morgan fingerprint density at radius 1 is 1.10 bits per heavy atom. The van der Waals surface area contributed by atoms with Crippen molar-refractivity contribution < 1.29 is 17.8 Å². The number of hydrogen-bond donors (Lipinski definition) is 0. The summed E-state index contributed by atoms with van der Waals surface area (Å²) in [6, 6.07) is 10.9. The van der Waals surface area contributed by atoms with Crippen LogP contribution in [-0.2, 0) is 23.6 Å². The highest BCUT2D eigenvalue weighted by Crippen LogP contribution is 2.23. The maximum absolute atomic E-state index is 13.0. The van der Waals surface area contributed by atoms with Crippen LogP contribution < -0.4 is 5.76 Å². The fraction of sp³-hybridized carbons (Fsp3) is 0.316. The van der Waals surface area contributed by atoms with Gasteiger partial charge in [0.05, 0.1) is 15.3 Å². The minimum atomic E-state index is -3.73. The van der Waals surface area contributed by atoms with E-state index in [-0.39, 0.29) is 16.2 Å². The van der Waals surface area contributed by atoms with Crippen molar-refractivity contribution in [1.29, 1.82) is 0 Å². The second kappa shape index (κ2) is 7.67. The van der Waals surface area contributed by atoms with Gasteiger partial charge in [0.15, 0.2) is 5.58 Å². The van der Waals surface area contributed by atoms with Crippen LogP contribution in [0.4, 0.5) is 5.69 Å². The Hall–Kier alpha value is -3.02. The maximum atomic E-state index is 13.0. The quantitative estimate of drug-likeness (QED) is 0.443. The molecular formula is C19H20N4O6S. The predicted octanol–water partition coefficient (Wildman–Crippen LogP) is 1.55. The summed E-state index contributed by atoms with van der Waals surface area (Å²) in [5.41, 5.74) is 1.61. The van der Waals surface area contributed by atoms with Crippen molar-refractivity contribution >= 4 is 26.8 Å². The van der Waals surface area contributed by atoms with Crippen molar-refractivity contribution in [3.8, 4) is 0 Å². The average molecular weight is 432 g/mol. The van der Waals surface area contributed by atoms with Gasteiger partial charge in [-0.2, -0.15) is 4.31 Å². The first-order valence-corrected chi connectivity index (χ1v) is 10.7. The number of rotatable bonds is 5. The molecule has 0 radical (unpaired) electrons. The second-order valence-corrected chi connectivity index (χ2v) is 9.10. The summed E-state index contributed by atoms with van der Waals surface area (Å²) in [7, 11) is -2.17. The van der Waals surface area contributed by atoms with Crippen LogP contribution in [0.25, 0.3) is 11.1 Å². The topological polar surface area (TPSA) is 119 Å². The number of benzene rings is 2. The van der Waals surface area contributed by atoms with Gasteiger partial charge in [0.1, 0.15) is 0 Å². The summed E-state index contributed by atoms with van der Waals surface area (Å²) >= 11 is 0. The molecule has 10 nitrogen and oxygen atoms in total. The number of piperazine rings is 1. The molecule has 1 aliphatic heterocycles. The summed E-state index contributed by atoms with van der Waals surface area (Å²) < 4.78 is 33.8. The van der Waals surface area contributed by atoms with E-state index in [1.807, 2.05) is 6.07 Å². The lowest BCUT2D eigenvalue weighted by molar-refractivity contribution is -0.384. The molecule has 2 heterocycles. The lowest BCUT2D eigenvalue weighted by Crippen LogP contribution is -2.48. The smallest absolute Gasteiger partial charge is 0.408 e. The standard InChI is InChI=1S/C19H20N4O6S/c1-20-17-6-5-16(12-18(17)29-19(20)24)30(27,28)22-9-7-21(8-10-22)13-14-3-2-4-15(11-14)23(25)26/h2-6,11-12H,7-10,13H2,1H3. The molecule has 1 aliphatic rings. The predicted molar refractivity (Wildman–Crippen MR) is 109 cm³/mol. The zero-order chi connectivity index (χ0) is 21.5. The molecule has 4 rings (SSSR count). The van der Waals surface area contributed by atoms with Crippen LogP contribution in [0.2, 0.25) is 0 Å². The van der Waals surface area contributed by atoms with Crippen LogP contribution in [-0.4, -0.2) is 53.3 Å². The Morgan fingerprint density at radius 2 is 1.83 bits per heavy atom. The van der Waals surface area contributed by atoms with Crippen molar-refractivity contribution in [2.45, 2.75) is 11.4 Å². The lowest BCUT2D eigenvalue weighted by atomic mass is 10.2. The molecule has 2 aromatic carbocycles. The molecule has 158 valence electrons. The minimum absolute atomic E-state index is 0.0386. The third-order valence-corrected chi connectivity index (χ3v) is 7.15. The highest BCUT2D eigenvalue weighted by Gasteiger charge is 2.29. The maximum Gasteiger partial charge on any atom is 0.419 e. The van der Waals surface area contributed by atoms with Crippen LogP contribution >= 0.6 is 0 Å². The van der Waals surface area contributed by atoms with E-state index in [1.54, 1.807) is 19.2 Å². The number of non-ortho nitro benzene ring substituents is 1. The Balaban J connectivity index is 1.46. The van der Waals surface area contributed by atoms with E-state index in [4.69, 9.17) is 4.42 Å². The molecule has 0 saturated carbocycles. The van der Waals surface area contributed by atoms with Gasteiger partial charge in [-0.1, -0.05) is 12.1 Å². The second-order valence-electron chi connectivity index (χ2n) is 7.16. The number of nitrogens with zero attached hydrogens (tertiary/aromatic N) is 4. The largest absolute Gasteiger partial charge is 0.419 e. The number of aromatic nitrogens is 1. The number of fused-ring (bicyclic) bond motifs is 1. The van der Waals surface area contributed by atoms with Crippen molar-refractivity contribution in [2.75, 3.05) is 26.2 Å². The van der Waals surface area contributed by atoms with Crippen molar-refractivity contribution in [2.24, 2.45) is 7.05 Å². The lowest BCUT2D eigenvalue weighted by Gasteiger charge is -2.34.